The first-order valence-corrected chi connectivity index (χ1v) is 7.22. The highest BCUT2D eigenvalue weighted by molar-refractivity contribution is 5.55. The summed E-state index contributed by atoms with van der Waals surface area (Å²) in [5, 5.41) is 9.86. The summed E-state index contributed by atoms with van der Waals surface area (Å²) < 4.78 is 18.5. The SMILES string of the molecule is COc1ccc(-c2nccn2[C@@H]2CO[C@H]3[C@@H]2OC[C@H]3O)cn1. The van der Waals surface area contributed by atoms with Gasteiger partial charge in [0.05, 0.1) is 26.4 Å². The van der Waals surface area contributed by atoms with Gasteiger partial charge in [0, 0.05) is 30.2 Å². The summed E-state index contributed by atoms with van der Waals surface area (Å²) in [6, 6.07) is 3.72. The van der Waals surface area contributed by atoms with Crippen LogP contribution in [0.1, 0.15) is 6.04 Å². The third kappa shape index (κ3) is 2.09. The van der Waals surface area contributed by atoms with Crippen LogP contribution < -0.4 is 4.74 Å². The average molecular weight is 303 g/mol. The first-order chi connectivity index (χ1) is 10.8. The van der Waals surface area contributed by atoms with E-state index in [1.807, 2.05) is 16.8 Å². The normalized spacial score (nSPS) is 30.5. The molecule has 2 aliphatic heterocycles. The van der Waals surface area contributed by atoms with Crippen molar-refractivity contribution < 1.29 is 19.3 Å². The number of nitrogens with zero attached hydrogens (tertiary/aromatic N) is 3. The van der Waals surface area contributed by atoms with Gasteiger partial charge in [0.25, 0.3) is 0 Å². The van der Waals surface area contributed by atoms with Gasteiger partial charge in [-0.3, -0.25) is 0 Å². The Kier molecular flexibility index (Phi) is 3.33. The molecule has 4 atom stereocenters. The molecule has 7 nitrogen and oxygen atoms in total. The molecule has 4 rings (SSSR count). The highest BCUT2D eigenvalue weighted by atomic mass is 16.6. The summed E-state index contributed by atoms with van der Waals surface area (Å²) in [6.07, 6.45) is 4.44. The Morgan fingerprint density at radius 3 is 2.86 bits per heavy atom. The molecule has 2 saturated heterocycles. The summed E-state index contributed by atoms with van der Waals surface area (Å²) in [7, 11) is 1.59. The summed E-state index contributed by atoms with van der Waals surface area (Å²) >= 11 is 0. The van der Waals surface area contributed by atoms with Crippen LogP contribution in [0.3, 0.4) is 0 Å². The number of fused-ring (bicyclic) bond motifs is 1. The lowest BCUT2D eigenvalue weighted by molar-refractivity contribution is 0.0172. The Labute approximate surface area is 127 Å². The molecule has 2 aromatic heterocycles. The Hall–Kier alpha value is -1.96. The number of ether oxygens (including phenoxy) is 3. The van der Waals surface area contributed by atoms with E-state index in [2.05, 4.69) is 9.97 Å². The van der Waals surface area contributed by atoms with Crippen LogP contribution in [-0.4, -0.2) is 58.3 Å². The maximum atomic E-state index is 9.86. The molecule has 0 unspecified atom stereocenters. The molecule has 0 bridgehead atoms. The van der Waals surface area contributed by atoms with Crippen molar-refractivity contribution in [2.45, 2.75) is 24.4 Å². The summed E-state index contributed by atoms with van der Waals surface area (Å²) in [5.41, 5.74) is 0.896. The maximum Gasteiger partial charge on any atom is 0.212 e. The van der Waals surface area contributed by atoms with Crippen molar-refractivity contribution in [3.63, 3.8) is 0 Å². The van der Waals surface area contributed by atoms with Gasteiger partial charge in [-0.15, -0.1) is 0 Å². The maximum absolute atomic E-state index is 9.86. The summed E-state index contributed by atoms with van der Waals surface area (Å²) in [5.74, 6) is 1.36. The monoisotopic (exact) mass is 303 g/mol. The van der Waals surface area contributed by atoms with Gasteiger partial charge in [-0.2, -0.15) is 0 Å². The fourth-order valence-corrected chi connectivity index (χ4v) is 3.13. The molecule has 1 N–H and O–H groups in total. The van der Waals surface area contributed by atoms with E-state index in [4.69, 9.17) is 14.2 Å². The Bertz CT molecular complexity index is 657. The molecule has 2 fully saturated rings. The third-order valence-corrected chi connectivity index (χ3v) is 4.23. The second-order valence-corrected chi connectivity index (χ2v) is 5.48. The highest BCUT2D eigenvalue weighted by Crippen LogP contribution is 2.36. The van der Waals surface area contributed by atoms with Crippen LogP contribution in [0.5, 0.6) is 5.88 Å². The van der Waals surface area contributed by atoms with Crippen molar-refractivity contribution >= 4 is 0 Å². The molecule has 7 heteroatoms. The van der Waals surface area contributed by atoms with Crippen LogP contribution in [0.15, 0.2) is 30.7 Å². The number of hydrogen-bond acceptors (Lipinski definition) is 6. The number of pyridine rings is 1. The number of rotatable bonds is 3. The number of aliphatic hydroxyl groups is 1. The lowest BCUT2D eigenvalue weighted by Crippen LogP contribution is -2.30. The lowest BCUT2D eigenvalue weighted by atomic mass is 10.1. The van der Waals surface area contributed by atoms with E-state index in [9.17, 15) is 5.11 Å². The van der Waals surface area contributed by atoms with E-state index >= 15 is 0 Å². The minimum Gasteiger partial charge on any atom is -0.481 e. The second-order valence-electron chi connectivity index (χ2n) is 5.48. The number of imidazole rings is 1. The average Bonchev–Trinajstić information content (AvgIpc) is 3.25. The van der Waals surface area contributed by atoms with Crippen molar-refractivity contribution in [2.75, 3.05) is 20.3 Å². The van der Waals surface area contributed by atoms with Gasteiger partial charge in [-0.25, -0.2) is 9.97 Å². The fraction of sp³-hybridized carbons (Fsp3) is 0.467. The fourth-order valence-electron chi connectivity index (χ4n) is 3.13. The highest BCUT2D eigenvalue weighted by Gasteiger charge is 2.48. The molecular weight excluding hydrogens is 286 g/mol. The van der Waals surface area contributed by atoms with Gasteiger partial charge in [0.1, 0.15) is 24.1 Å². The van der Waals surface area contributed by atoms with Gasteiger partial charge in [-0.05, 0) is 6.07 Å². The van der Waals surface area contributed by atoms with Crippen LogP contribution in [0, 0.1) is 0 Å². The zero-order valence-electron chi connectivity index (χ0n) is 12.1. The second kappa shape index (κ2) is 5.35. The van der Waals surface area contributed by atoms with Crippen molar-refractivity contribution in [1.82, 2.24) is 14.5 Å². The quantitative estimate of drug-likeness (QED) is 0.897. The van der Waals surface area contributed by atoms with Gasteiger partial charge >= 0.3 is 0 Å². The van der Waals surface area contributed by atoms with Crippen molar-refractivity contribution in [3.05, 3.63) is 30.7 Å². The first-order valence-electron chi connectivity index (χ1n) is 7.22. The van der Waals surface area contributed by atoms with Crippen molar-refractivity contribution in [3.8, 4) is 17.3 Å². The van der Waals surface area contributed by atoms with Gasteiger partial charge in [0.15, 0.2) is 0 Å². The summed E-state index contributed by atoms with van der Waals surface area (Å²) in [4.78, 5) is 8.65. The molecule has 0 aliphatic carbocycles. The molecule has 4 heterocycles. The number of methoxy groups -OCH3 is 1. The van der Waals surface area contributed by atoms with Crippen molar-refractivity contribution in [2.24, 2.45) is 0 Å². The molecule has 0 spiro atoms. The topological polar surface area (TPSA) is 78.6 Å². The van der Waals surface area contributed by atoms with Gasteiger partial charge in [-0.1, -0.05) is 0 Å². The smallest absolute Gasteiger partial charge is 0.212 e. The van der Waals surface area contributed by atoms with Gasteiger partial charge in [0.2, 0.25) is 5.88 Å². The number of aliphatic hydroxyl groups excluding tert-OH is 1. The molecule has 22 heavy (non-hydrogen) atoms. The third-order valence-electron chi connectivity index (χ3n) is 4.23. The molecule has 2 aromatic rings. The first kappa shape index (κ1) is 13.7. The van der Waals surface area contributed by atoms with E-state index in [1.54, 1.807) is 25.6 Å². The molecule has 2 aliphatic rings. The molecular formula is C15H17N3O4. The molecule has 0 saturated carbocycles. The zero-order chi connectivity index (χ0) is 15.1. The molecule has 0 amide bonds. The summed E-state index contributed by atoms with van der Waals surface area (Å²) in [6.45, 7) is 0.819. The van der Waals surface area contributed by atoms with Crippen LogP contribution in [0.25, 0.3) is 11.4 Å². The van der Waals surface area contributed by atoms with E-state index in [0.717, 1.165) is 11.4 Å². The minimum absolute atomic E-state index is 0.00162. The molecule has 0 radical (unpaired) electrons. The Balaban J connectivity index is 1.65. The molecule has 0 aromatic carbocycles. The lowest BCUT2D eigenvalue weighted by Gasteiger charge is -2.19. The van der Waals surface area contributed by atoms with Crippen LogP contribution >= 0.6 is 0 Å². The van der Waals surface area contributed by atoms with E-state index in [-0.39, 0.29) is 18.2 Å². The van der Waals surface area contributed by atoms with Crippen LogP contribution in [-0.2, 0) is 9.47 Å². The zero-order valence-corrected chi connectivity index (χ0v) is 12.1. The number of aromatic nitrogens is 3. The largest absolute Gasteiger partial charge is 0.481 e. The standard InChI is InChI=1S/C15H17N3O4/c1-20-12-3-2-9(6-17-12)15-16-4-5-18(15)10-7-21-14-11(19)8-22-13(10)14/h2-6,10-11,13-14,19H,7-8H2,1H3/t10-,11-,13-,14-/m1/s1. The van der Waals surface area contributed by atoms with E-state index in [1.165, 1.54) is 0 Å². The van der Waals surface area contributed by atoms with Crippen molar-refractivity contribution in [1.29, 1.82) is 0 Å². The van der Waals surface area contributed by atoms with Gasteiger partial charge < -0.3 is 23.9 Å². The Morgan fingerprint density at radius 2 is 2.09 bits per heavy atom. The minimum atomic E-state index is -0.551. The predicted molar refractivity (Wildman–Crippen MR) is 76.5 cm³/mol. The predicted octanol–water partition coefficient (Wildman–Crippen LogP) is 0.653. The Morgan fingerprint density at radius 1 is 1.23 bits per heavy atom. The van der Waals surface area contributed by atoms with E-state index < -0.39 is 6.10 Å². The van der Waals surface area contributed by atoms with E-state index in [0.29, 0.717) is 19.1 Å². The van der Waals surface area contributed by atoms with Crippen LogP contribution in [0.2, 0.25) is 0 Å². The van der Waals surface area contributed by atoms with Crippen LogP contribution in [0.4, 0.5) is 0 Å². The molecule has 116 valence electrons. The number of hydrogen-bond donors (Lipinski definition) is 1.